The van der Waals surface area contributed by atoms with Crippen LogP contribution < -0.4 is 0 Å². The zero-order valence-corrected chi connectivity index (χ0v) is 34.9. The third-order valence-electron chi connectivity index (χ3n) is 10.7. The summed E-state index contributed by atoms with van der Waals surface area (Å²) in [7, 11) is 0. The minimum absolute atomic E-state index is 0. The van der Waals surface area contributed by atoms with Crippen molar-refractivity contribution in [2.75, 3.05) is 0 Å². The number of carbonyl (C=O) groups excluding carboxylic acids is 1. The van der Waals surface area contributed by atoms with Crippen molar-refractivity contribution >= 4 is 27.5 Å². The number of aliphatic hydroxyl groups is 1. The summed E-state index contributed by atoms with van der Waals surface area (Å²) in [5, 5.41) is 13.5. The number of nitrogens with zero attached hydrogens (tertiary/aromatic N) is 2. The average Bonchev–Trinajstić information content (AvgIpc) is 3.53. The van der Waals surface area contributed by atoms with E-state index in [9.17, 15) is 9.90 Å². The first kappa shape index (κ1) is 41.8. The van der Waals surface area contributed by atoms with E-state index in [4.69, 9.17) is 4.42 Å². The van der Waals surface area contributed by atoms with Crippen LogP contribution in [0, 0.1) is 22.8 Å². The maximum Gasteiger partial charge on any atom is 0.164 e. The monoisotopic (exact) mass is 866 g/mol. The maximum atomic E-state index is 12.2. The predicted octanol–water partition coefficient (Wildman–Crippen LogP) is 12.7. The Labute approximate surface area is 319 Å². The molecule has 0 bridgehead atoms. The van der Waals surface area contributed by atoms with Crippen LogP contribution in [0.1, 0.15) is 113 Å². The number of carbonyl (C=O) groups is 1. The van der Waals surface area contributed by atoms with Crippen LogP contribution in [0.5, 0.6) is 0 Å². The molecule has 0 aliphatic heterocycles. The van der Waals surface area contributed by atoms with Crippen molar-refractivity contribution in [3.05, 3.63) is 96.2 Å². The second-order valence-electron chi connectivity index (χ2n) is 15.7. The molecule has 2 aromatic heterocycles. The Bertz CT molecular complexity index is 1960. The summed E-state index contributed by atoms with van der Waals surface area (Å²) in [6.07, 6.45) is 9.24. The molecule has 0 unspecified atom stereocenters. The fraction of sp³-hybridized carbons (Fsp3) is 0.444. The minimum atomic E-state index is -0.337. The van der Waals surface area contributed by atoms with Crippen molar-refractivity contribution in [2.45, 2.75) is 114 Å². The topological polar surface area (TPSA) is 76.2 Å². The van der Waals surface area contributed by atoms with Crippen LogP contribution in [0.2, 0.25) is 0 Å². The molecule has 0 aliphatic carbocycles. The number of allylic oxidation sites excluding steroid dienone is 2. The van der Waals surface area contributed by atoms with Gasteiger partial charge >= 0.3 is 0 Å². The Morgan fingerprint density at radius 1 is 0.843 bits per heavy atom. The number of rotatable bonds is 11. The van der Waals surface area contributed by atoms with E-state index in [0.717, 1.165) is 71.0 Å². The molecule has 0 amide bonds. The normalized spacial score (nSPS) is 12.5. The number of fused-ring (bicyclic) bond motifs is 2. The summed E-state index contributed by atoms with van der Waals surface area (Å²) in [6.45, 7) is 23.3. The van der Waals surface area contributed by atoms with Gasteiger partial charge in [0.05, 0.1) is 5.69 Å². The van der Waals surface area contributed by atoms with Crippen LogP contribution in [0.3, 0.4) is 0 Å². The number of aliphatic hydroxyl groups excluding tert-OH is 1. The quantitative estimate of drug-likeness (QED) is 0.0813. The molecule has 0 aliphatic rings. The average molecular weight is 866 g/mol. The Balaban J connectivity index is 0.000000335. The molecule has 5 rings (SSSR count). The third kappa shape index (κ3) is 9.64. The van der Waals surface area contributed by atoms with E-state index in [2.05, 4.69) is 99.2 Å². The van der Waals surface area contributed by atoms with Gasteiger partial charge in [-0.25, -0.2) is 4.98 Å². The van der Waals surface area contributed by atoms with Crippen LogP contribution in [0.15, 0.2) is 83.4 Å². The minimum Gasteiger partial charge on any atom is -0.512 e. The molecule has 5 aromatic rings. The molecule has 0 saturated heterocycles. The van der Waals surface area contributed by atoms with Crippen molar-refractivity contribution in [3.8, 4) is 22.5 Å². The van der Waals surface area contributed by atoms with Gasteiger partial charge in [-0.15, -0.1) is 29.1 Å². The van der Waals surface area contributed by atoms with Crippen molar-refractivity contribution in [3.63, 3.8) is 0 Å². The number of hydrogen-bond acceptors (Lipinski definition) is 5. The Hall–Kier alpha value is -3.60. The van der Waals surface area contributed by atoms with Crippen molar-refractivity contribution in [2.24, 2.45) is 16.7 Å². The number of hydrogen-bond donors (Lipinski definition) is 1. The van der Waals surface area contributed by atoms with E-state index in [1.807, 2.05) is 47.6 Å². The van der Waals surface area contributed by atoms with Crippen LogP contribution in [0.4, 0.5) is 0 Å². The summed E-state index contributed by atoms with van der Waals surface area (Å²) >= 11 is 0. The summed E-state index contributed by atoms with van der Waals surface area (Å²) in [6, 6.07) is 22.8. The smallest absolute Gasteiger partial charge is 0.164 e. The Morgan fingerprint density at radius 2 is 1.47 bits per heavy atom. The van der Waals surface area contributed by atoms with Gasteiger partial charge in [0.2, 0.25) is 0 Å². The van der Waals surface area contributed by atoms with Crippen LogP contribution in [-0.2, 0) is 36.7 Å². The zero-order valence-electron chi connectivity index (χ0n) is 32.5. The molecule has 1 N–H and O–H groups in total. The molecule has 3 aromatic carbocycles. The molecule has 0 fully saturated rings. The van der Waals surface area contributed by atoms with Gasteiger partial charge in [-0.2, -0.15) is 0 Å². The maximum absolute atomic E-state index is 12.2. The largest absolute Gasteiger partial charge is 0.512 e. The number of ketones is 1. The van der Waals surface area contributed by atoms with E-state index >= 15 is 0 Å². The predicted molar refractivity (Wildman–Crippen MR) is 209 cm³/mol. The zero-order chi connectivity index (χ0) is 36.9. The van der Waals surface area contributed by atoms with Crippen molar-refractivity contribution in [1.29, 1.82) is 0 Å². The standard InChI is InChI=1S/C30H29N2O.C15H28O2.Ir/c1-19(2)12-20-10-11-24-25(17-33-29(24)13-20)28-16-27(31-18-32-28)22-14-21-8-6-7-9-23(21)26(15-22)30(3,4)5;1-7-14(5,8-2)12(16)11-13(17)15(6,9-3)10-4;/h6-11,13,15-19H,12H2,1-5H3;11,16H,7-10H2,1-6H3;/q-1;;/b;12-11-;. The molecule has 0 atom stereocenters. The van der Waals surface area contributed by atoms with Crippen molar-refractivity contribution < 1.29 is 34.4 Å². The molecule has 2 heterocycles. The second kappa shape index (κ2) is 17.3. The van der Waals surface area contributed by atoms with Gasteiger partial charge < -0.3 is 9.52 Å². The van der Waals surface area contributed by atoms with E-state index in [0.29, 0.717) is 5.92 Å². The number of benzene rings is 3. The van der Waals surface area contributed by atoms with Gasteiger partial charge in [-0.3, -0.25) is 9.78 Å². The first-order chi connectivity index (χ1) is 23.6. The molecule has 5 nitrogen and oxygen atoms in total. The molecule has 275 valence electrons. The van der Waals surface area contributed by atoms with E-state index < -0.39 is 0 Å². The van der Waals surface area contributed by atoms with Crippen LogP contribution >= 0.6 is 0 Å². The summed E-state index contributed by atoms with van der Waals surface area (Å²) < 4.78 is 5.92. The SMILES string of the molecule is CC(C)Cc1ccc2c(-c3cc(-c4[c-]c5ccccc5c(C(C)(C)C)c4)ncn3)coc2c1.CCC(C)(CC)C(=O)/C=C(\O)C(C)(CC)CC.[Ir]. The Morgan fingerprint density at radius 3 is 2.08 bits per heavy atom. The van der Waals surface area contributed by atoms with Crippen molar-refractivity contribution in [1.82, 2.24) is 9.97 Å². The second-order valence-corrected chi connectivity index (χ2v) is 15.7. The fourth-order valence-corrected chi connectivity index (χ4v) is 6.19. The van der Waals surface area contributed by atoms with E-state index in [-0.39, 0.29) is 47.9 Å². The van der Waals surface area contributed by atoms with Gasteiger partial charge in [0.1, 0.15) is 23.9 Å². The molecule has 1 radical (unpaired) electrons. The van der Waals surface area contributed by atoms with E-state index in [1.54, 1.807) is 12.6 Å². The molecular formula is C45H57IrN2O3-. The molecule has 6 heteroatoms. The molecule has 51 heavy (non-hydrogen) atoms. The molecular weight excluding hydrogens is 809 g/mol. The fourth-order valence-electron chi connectivity index (χ4n) is 6.19. The third-order valence-corrected chi connectivity index (χ3v) is 10.7. The summed E-state index contributed by atoms with van der Waals surface area (Å²) in [4.78, 5) is 21.4. The first-order valence-electron chi connectivity index (χ1n) is 18.3. The van der Waals surface area contributed by atoms with Gasteiger partial charge in [0, 0.05) is 53.7 Å². The van der Waals surface area contributed by atoms with Gasteiger partial charge in [-0.1, -0.05) is 117 Å². The van der Waals surface area contributed by atoms with Gasteiger partial charge in [-0.05, 0) is 61.1 Å². The molecule has 0 spiro atoms. The number of furan rings is 1. The molecule has 0 saturated carbocycles. The summed E-state index contributed by atoms with van der Waals surface area (Å²) in [5.74, 6) is 0.895. The first-order valence-corrected chi connectivity index (χ1v) is 18.3. The van der Waals surface area contributed by atoms with Gasteiger partial charge in [0.15, 0.2) is 5.78 Å². The van der Waals surface area contributed by atoms with E-state index in [1.165, 1.54) is 22.6 Å². The van der Waals surface area contributed by atoms with Crippen LogP contribution in [-0.4, -0.2) is 20.9 Å². The number of aromatic nitrogens is 2. The summed E-state index contributed by atoms with van der Waals surface area (Å²) in [5.41, 5.74) is 6.57. The van der Waals surface area contributed by atoms with Crippen LogP contribution in [0.25, 0.3) is 44.3 Å². The van der Waals surface area contributed by atoms with Gasteiger partial charge in [0.25, 0.3) is 0 Å². The Kier molecular flexibility index (Phi) is 14.2.